The molecule has 1 aromatic heterocycles. The first-order valence-electron chi connectivity index (χ1n) is 4.81. The average molecular weight is 284 g/mol. The van der Waals surface area contributed by atoms with E-state index in [0.29, 0.717) is 6.54 Å². The quantitative estimate of drug-likeness (QED) is 0.939. The average Bonchev–Trinajstić information content (AvgIpc) is 2.66. The van der Waals surface area contributed by atoms with Gasteiger partial charge in [0, 0.05) is 24.3 Å². The van der Waals surface area contributed by atoms with Gasteiger partial charge >= 0.3 is 0 Å². The number of benzene rings is 1. The SMILES string of the molecule is Cn1cc(NCc2cc(F)ccc2Br)cn1. The van der Waals surface area contributed by atoms with Crippen LogP contribution in [0.15, 0.2) is 35.1 Å². The highest BCUT2D eigenvalue weighted by atomic mass is 79.9. The van der Waals surface area contributed by atoms with E-state index in [9.17, 15) is 4.39 Å². The van der Waals surface area contributed by atoms with Gasteiger partial charge < -0.3 is 5.32 Å². The van der Waals surface area contributed by atoms with Gasteiger partial charge in [0.05, 0.1) is 11.9 Å². The Morgan fingerprint density at radius 1 is 1.50 bits per heavy atom. The first-order valence-corrected chi connectivity index (χ1v) is 5.61. The van der Waals surface area contributed by atoms with Crippen molar-refractivity contribution in [1.82, 2.24) is 9.78 Å². The van der Waals surface area contributed by atoms with E-state index in [1.54, 1.807) is 16.9 Å². The van der Waals surface area contributed by atoms with Crippen LogP contribution in [-0.4, -0.2) is 9.78 Å². The van der Waals surface area contributed by atoms with E-state index < -0.39 is 0 Å². The molecule has 0 aliphatic heterocycles. The molecule has 84 valence electrons. The Morgan fingerprint density at radius 2 is 2.31 bits per heavy atom. The fourth-order valence-corrected chi connectivity index (χ4v) is 1.78. The van der Waals surface area contributed by atoms with E-state index in [-0.39, 0.29) is 5.82 Å². The second-order valence-corrected chi connectivity index (χ2v) is 4.35. The molecule has 1 N–H and O–H groups in total. The van der Waals surface area contributed by atoms with E-state index in [1.807, 2.05) is 13.2 Å². The fourth-order valence-electron chi connectivity index (χ4n) is 1.39. The molecule has 0 saturated carbocycles. The van der Waals surface area contributed by atoms with E-state index in [0.717, 1.165) is 15.7 Å². The minimum Gasteiger partial charge on any atom is -0.378 e. The summed E-state index contributed by atoms with van der Waals surface area (Å²) >= 11 is 3.38. The summed E-state index contributed by atoms with van der Waals surface area (Å²) in [7, 11) is 1.85. The molecule has 0 radical (unpaired) electrons. The van der Waals surface area contributed by atoms with E-state index in [4.69, 9.17) is 0 Å². The second kappa shape index (κ2) is 4.65. The molecule has 2 aromatic rings. The molecule has 0 aliphatic rings. The number of halogens is 2. The minimum atomic E-state index is -0.230. The fraction of sp³-hybridized carbons (Fsp3) is 0.182. The van der Waals surface area contributed by atoms with Gasteiger partial charge in [-0.25, -0.2) is 4.39 Å². The van der Waals surface area contributed by atoms with Gasteiger partial charge in [-0.15, -0.1) is 0 Å². The van der Waals surface area contributed by atoms with Crippen LogP contribution in [0.25, 0.3) is 0 Å². The predicted molar refractivity (Wildman–Crippen MR) is 64.6 cm³/mol. The number of aryl methyl sites for hydroxylation is 1. The summed E-state index contributed by atoms with van der Waals surface area (Å²) in [5.41, 5.74) is 1.79. The molecule has 1 heterocycles. The van der Waals surface area contributed by atoms with Crippen molar-refractivity contribution >= 4 is 21.6 Å². The molecule has 0 atom stereocenters. The van der Waals surface area contributed by atoms with Crippen molar-refractivity contribution in [3.63, 3.8) is 0 Å². The third-order valence-electron chi connectivity index (χ3n) is 2.20. The lowest BCUT2D eigenvalue weighted by atomic mass is 10.2. The molecule has 0 amide bonds. The van der Waals surface area contributed by atoms with E-state index >= 15 is 0 Å². The van der Waals surface area contributed by atoms with Crippen molar-refractivity contribution in [3.8, 4) is 0 Å². The van der Waals surface area contributed by atoms with Gasteiger partial charge in [0.1, 0.15) is 5.82 Å². The number of hydrogen-bond donors (Lipinski definition) is 1. The van der Waals surface area contributed by atoms with Crippen molar-refractivity contribution in [2.45, 2.75) is 6.54 Å². The van der Waals surface area contributed by atoms with Crippen LogP contribution in [0.5, 0.6) is 0 Å². The van der Waals surface area contributed by atoms with Gasteiger partial charge in [0.2, 0.25) is 0 Å². The molecule has 1 aromatic carbocycles. The van der Waals surface area contributed by atoms with Crippen LogP contribution >= 0.6 is 15.9 Å². The number of nitrogens with one attached hydrogen (secondary N) is 1. The zero-order valence-corrected chi connectivity index (χ0v) is 10.3. The topological polar surface area (TPSA) is 29.9 Å². The van der Waals surface area contributed by atoms with Crippen LogP contribution in [0.1, 0.15) is 5.56 Å². The van der Waals surface area contributed by atoms with Gasteiger partial charge in [-0.05, 0) is 23.8 Å². The maximum absolute atomic E-state index is 13.0. The minimum absolute atomic E-state index is 0.230. The molecule has 0 unspecified atom stereocenters. The third kappa shape index (κ3) is 2.61. The zero-order valence-electron chi connectivity index (χ0n) is 8.74. The lowest BCUT2D eigenvalue weighted by Gasteiger charge is -2.06. The summed E-state index contributed by atoms with van der Waals surface area (Å²) in [6.07, 6.45) is 3.60. The van der Waals surface area contributed by atoms with Gasteiger partial charge in [-0.1, -0.05) is 15.9 Å². The third-order valence-corrected chi connectivity index (χ3v) is 2.97. The van der Waals surface area contributed by atoms with Crippen LogP contribution < -0.4 is 5.32 Å². The van der Waals surface area contributed by atoms with Crippen LogP contribution in [0, 0.1) is 5.82 Å². The number of hydrogen-bond acceptors (Lipinski definition) is 2. The number of nitrogens with zero attached hydrogens (tertiary/aromatic N) is 2. The summed E-state index contributed by atoms with van der Waals surface area (Å²) in [6, 6.07) is 4.64. The van der Waals surface area contributed by atoms with Crippen LogP contribution in [0.3, 0.4) is 0 Å². The maximum atomic E-state index is 13.0. The molecule has 16 heavy (non-hydrogen) atoms. The number of aromatic nitrogens is 2. The zero-order chi connectivity index (χ0) is 11.5. The first-order chi connectivity index (χ1) is 7.65. The highest BCUT2D eigenvalue weighted by Gasteiger charge is 2.02. The molecular formula is C11H11BrFN3. The Kier molecular flexibility index (Phi) is 3.24. The Balaban J connectivity index is 2.07. The lowest BCUT2D eigenvalue weighted by Crippen LogP contribution is -1.99. The smallest absolute Gasteiger partial charge is 0.123 e. The largest absolute Gasteiger partial charge is 0.378 e. The Hall–Kier alpha value is -1.36. The van der Waals surface area contributed by atoms with Crippen LogP contribution in [0.4, 0.5) is 10.1 Å². The summed E-state index contributed by atoms with van der Waals surface area (Å²) in [5, 5.41) is 7.21. The van der Waals surface area contributed by atoms with Gasteiger partial charge in [-0.3, -0.25) is 4.68 Å². The lowest BCUT2D eigenvalue weighted by molar-refractivity contribution is 0.625. The van der Waals surface area contributed by atoms with E-state index in [2.05, 4.69) is 26.3 Å². The standard InChI is InChI=1S/C11H11BrFN3/c1-16-7-10(6-15-16)14-5-8-4-9(13)2-3-11(8)12/h2-4,6-7,14H,5H2,1H3. The monoisotopic (exact) mass is 283 g/mol. The Bertz CT molecular complexity index is 496. The second-order valence-electron chi connectivity index (χ2n) is 3.49. The summed E-state index contributed by atoms with van der Waals surface area (Å²) in [5.74, 6) is -0.230. The molecule has 2 rings (SSSR count). The summed E-state index contributed by atoms with van der Waals surface area (Å²) in [4.78, 5) is 0. The van der Waals surface area contributed by atoms with Gasteiger partial charge in [0.25, 0.3) is 0 Å². The Labute approximate surface area is 101 Å². The summed E-state index contributed by atoms with van der Waals surface area (Å²) in [6.45, 7) is 0.560. The van der Waals surface area contributed by atoms with Gasteiger partial charge in [-0.2, -0.15) is 5.10 Å². The van der Waals surface area contributed by atoms with Crippen LogP contribution in [0.2, 0.25) is 0 Å². The molecule has 0 spiro atoms. The molecule has 5 heteroatoms. The van der Waals surface area contributed by atoms with Crippen molar-refractivity contribution in [2.24, 2.45) is 7.05 Å². The molecule has 3 nitrogen and oxygen atoms in total. The summed E-state index contributed by atoms with van der Waals surface area (Å²) < 4.78 is 15.6. The first kappa shape index (κ1) is 11.1. The molecule has 0 saturated heterocycles. The normalized spacial score (nSPS) is 10.4. The Morgan fingerprint density at radius 3 is 3.00 bits per heavy atom. The number of rotatable bonds is 3. The molecule has 0 fully saturated rings. The van der Waals surface area contributed by atoms with Crippen molar-refractivity contribution in [2.75, 3.05) is 5.32 Å². The highest BCUT2D eigenvalue weighted by Crippen LogP contribution is 2.19. The molecule has 0 aliphatic carbocycles. The van der Waals surface area contributed by atoms with Gasteiger partial charge in [0.15, 0.2) is 0 Å². The highest BCUT2D eigenvalue weighted by molar-refractivity contribution is 9.10. The van der Waals surface area contributed by atoms with E-state index in [1.165, 1.54) is 12.1 Å². The predicted octanol–water partition coefficient (Wildman–Crippen LogP) is 2.93. The van der Waals surface area contributed by atoms with Crippen molar-refractivity contribution in [1.29, 1.82) is 0 Å². The van der Waals surface area contributed by atoms with Crippen LogP contribution in [-0.2, 0) is 13.6 Å². The van der Waals surface area contributed by atoms with Crippen molar-refractivity contribution in [3.05, 3.63) is 46.4 Å². The maximum Gasteiger partial charge on any atom is 0.123 e. The number of anilines is 1. The molecular weight excluding hydrogens is 273 g/mol. The van der Waals surface area contributed by atoms with Crippen molar-refractivity contribution < 1.29 is 4.39 Å². The molecule has 0 bridgehead atoms.